The average molecular weight is 350 g/mol. The Morgan fingerprint density at radius 2 is 1.85 bits per heavy atom. The number of pyridine rings is 1. The Bertz CT molecular complexity index is 854. The van der Waals surface area contributed by atoms with Gasteiger partial charge in [-0.2, -0.15) is 0 Å². The lowest BCUT2D eigenvalue weighted by atomic mass is 10.2. The van der Waals surface area contributed by atoms with Crippen LogP contribution >= 0.6 is 0 Å². The summed E-state index contributed by atoms with van der Waals surface area (Å²) in [5.74, 6) is 0.559. The number of carbonyl (C=O) groups excluding carboxylic acids is 1. The molecule has 0 unspecified atom stereocenters. The number of rotatable bonds is 7. The number of methoxy groups -OCH3 is 1. The van der Waals surface area contributed by atoms with Gasteiger partial charge in [0.05, 0.1) is 7.11 Å². The quantitative estimate of drug-likeness (QED) is 0.704. The van der Waals surface area contributed by atoms with Crippen molar-refractivity contribution in [3.05, 3.63) is 77.9 Å². The molecule has 0 aliphatic carbocycles. The summed E-state index contributed by atoms with van der Waals surface area (Å²) in [6, 6.07) is 14.8. The van der Waals surface area contributed by atoms with Gasteiger partial charge in [0.15, 0.2) is 0 Å². The molecule has 0 radical (unpaired) electrons. The standard InChI is InChI=1S/C19H18N4O3/c1-25-17-8-7-15(10-20-17)11-21-19(24)16-9-18(23-13-22-16)26-12-14-5-3-2-4-6-14/h2-10,13H,11-12H2,1H3,(H,21,24). The van der Waals surface area contributed by atoms with Gasteiger partial charge < -0.3 is 14.8 Å². The Balaban J connectivity index is 1.57. The summed E-state index contributed by atoms with van der Waals surface area (Å²) in [5, 5.41) is 2.79. The van der Waals surface area contributed by atoms with E-state index in [4.69, 9.17) is 9.47 Å². The van der Waals surface area contributed by atoms with E-state index < -0.39 is 0 Å². The SMILES string of the molecule is COc1ccc(CNC(=O)c2cc(OCc3ccccc3)ncn2)cn1. The minimum Gasteiger partial charge on any atom is -0.481 e. The van der Waals surface area contributed by atoms with Crippen molar-refractivity contribution >= 4 is 5.91 Å². The van der Waals surface area contributed by atoms with E-state index in [1.807, 2.05) is 36.4 Å². The van der Waals surface area contributed by atoms with Crippen molar-refractivity contribution in [2.24, 2.45) is 0 Å². The second-order valence-corrected chi connectivity index (χ2v) is 5.41. The summed E-state index contributed by atoms with van der Waals surface area (Å²) >= 11 is 0. The van der Waals surface area contributed by atoms with E-state index in [2.05, 4.69) is 20.3 Å². The highest BCUT2D eigenvalue weighted by atomic mass is 16.5. The zero-order chi connectivity index (χ0) is 18.2. The van der Waals surface area contributed by atoms with Crippen LogP contribution in [0, 0.1) is 0 Å². The van der Waals surface area contributed by atoms with Crippen molar-refractivity contribution in [1.82, 2.24) is 20.3 Å². The Hall–Kier alpha value is -3.48. The monoisotopic (exact) mass is 350 g/mol. The summed E-state index contributed by atoms with van der Waals surface area (Å²) in [7, 11) is 1.55. The molecule has 1 N–H and O–H groups in total. The fraction of sp³-hybridized carbons (Fsp3) is 0.158. The van der Waals surface area contributed by atoms with Crippen molar-refractivity contribution < 1.29 is 14.3 Å². The van der Waals surface area contributed by atoms with E-state index in [1.165, 1.54) is 12.4 Å². The zero-order valence-corrected chi connectivity index (χ0v) is 14.3. The van der Waals surface area contributed by atoms with Gasteiger partial charge in [0.2, 0.25) is 11.8 Å². The van der Waals surface area contributed by atoms with Gasteiger partial charge >= 0.3 is 0 Å². The molecule has 7 nitrogen and oxygen atoms in total. The van der Waals surface area contributed by atoms with E-state index in [1.54, 1.807) is 19.4 Å². The second kappa shape index (κ2) is 8.57. The molecule has 132 valence electrons. The van der Waals surface area contributed by atoms with Gasteiger partial charge in [-0.05, 0) is 11.1 Å². The molecular formula is C19H18N4O3. The Kier molecular flexibility index (Phi) is 5.72. The molecule has 0 aliphatic heterocycles. The van der Waals surface area contributed by atoms with Crippen molar-refractivity contribution in [3.63, 3.8) is 0 Å². The molecule has 3 aromatic rings. The van der Waals surface area contributed by atoms with Crippen LogP contribution in [0.25, 0.3) is 0 Å². The van der Waals surface area contributed by atoms with Crippen molar-refractivity contribution in [3.8, 4) is 11.8 Å². The summed E-state index contributed by atoms with van der Waals surface area (Å²) in [4.78, 5) is 24.4. The molecule has 0 aliphatic rings. The van der Waals surface area contributed by atoms with Crippen molar-refractivity contribution in [2.45, 2.75) is 13.2 Å². The molecule has 0 spiro atoms. The second-order valence-electron chi connectivity index (χ2n) is 5.41. The molecule has 0 fully saturated rings. The normalized spacial score (nSPS) is 10.2. The highest BCUT2D eigenvalue weighted by molar-refractivity contribution is 5.92. The molecule has 1 amide bonds. The minimum atomic E-state index is -0.312. The predicted octanol–water partition coefficient (Wildman–Crippen LogP) is 2.39. The maximum Gasteiger partial charge on any atom is 0.270 e. The van der Waals surface area contributed by atoms with Gasteiger partial charge in [-0.15, -0.1) is 0 Å². The Labute approximate surface area is 151 Å². The van der Waals surface area contributed by atoms with Crippen molar-refractivity contribution in [1.29, 1.82) is 0 Å². The first-order valence-corrected chi connectivity index (χ1v) is 8.00. The molecular weight excluding hydrogens is 332 g/mol. The number of aromatic nitrogens is 3. The third-order valence-electron chi connectivity index (χ3n) is 3.56. The van der Waals surface area contributed by atoms with Gasteiger partial charge in [0, 0.05) is 24.9 Å². The first kappa shape index (κ1) is 17.3. The van der Waals surface area contributed by atoms with Crippen LogP contribution in [0.15, 0.2) is 61.1 Å². The van der Waals surface area contributed by atoms with Crippen LogP contribution in [0.1, 0.15) is 21.6 Å². The number of hydrogen-bond donors (Lipinski definition) is 1. The maximum atomic E-state index is 12.3. The minimum absolute atomic E-state index is 0.240. The topological polar surface area (TPSA) is 86.2 Å². The third kappa shape index (κ3) is 4.76. The molecule has 0 atom stereocenters. The summed E-state index contributed by atoms with van der Waals surface area (Å²) in [5.41, 5.74) is 2.11. The third-order valence-corrected chi connectivity index (χ3v) is 3.56. The molecule has 0 saturated carbocycles. The summed E-state index contributed by atoms with van der Waals surface area (Å²) in [6.45, 7) is 0.705. The van der Waals surface area contributed by atoms with Crippen LogP contribution in [0.4, 0.5) is 0 Å². The van der Waals surface area contributed by atoms with Gasteiger partial charge in [0.1, 0.15) is 18.6 Å². The molecule has 2 heterocycles. The van der Waals surface area contributed by atoms with Gasteiger partial charge in [-0.3, -0.25) is 4.79 Å². The average Bonchev–Trinajstić information content (AvgIpc) is 2.72. The maximum absolute atomic E-state index is 12.3. The molecule has 0 saturated heterocycles. The first-order chi connectivity index (χ1) is 12.7. The summed E-state index contributed by atoms with van der Waals surface area (Å²) < 4.78 is 10.6. The van der Waals surface area contributed by atoms with Crippen LogP contribution in [0.2, 0.25) is 0 Å². The van der Waals surface area contributed by atoms with E-state index in [-0.39, 0.29) is 11.6 Å². The van der Waals surface area contributed by atoms with E-state index >= 15 is 0 Å². The number of ether oxygens (including phenoxy) is 2. The predicted molar refractivity (Wildman–Crippen MR) is 94.8 cm³/mol. The van der Waals surface area contributed by atoms with Crippen LogP contribution in [0.3, 0.4) is 0 Å². The largest absolute Gasteiger partial charge is 0.481 e. The number of amides is 1. The van der Waals surface area contributed by atoms with E-state index in [0.717, 1.165) is 11.1 Å². The molecule has 3 rings (SSSR count). The smallest absolute Gasteiger partial charge is 0.270 e. The first-order valence-electron chi connectivity index (χ1n) is 8.00. The van der Waals surface area contributed by atoms with Gasteiger partial charge in [-0.25, -0.2) is 15.0 Å². The van der Waals surface area contributed by atoms with Crippen LogP contribution < -0.4 is 14.8 Å². The molecule has 7 heteroatoms. The van der Waals surface area contributed by atoms with Crippen LogP contribution in [-0.4, -0.2) is 28.0 Å². The van der Waals surface area contributed by atoms with Gasteiger partial charge in [0.25, 0.3) is 5.91 Å². The van der Waals surface area contributed by atoms with Crippen LogP contribution in [0.5, 0.6) is 11.8 Å². The fourth-order valence-corrected chi connectivity index (χ4v) is 2.18. The lowest BCUT2D eigenvalue weighted by Gasteiger charge is -2.08. The van der Waals surface area contributed by atoms with Crippen LogP contribution in [-0.2, 0) is 13.2 Å². The van der Waals surface area contributed by atoms with E-state index in [9.17, 15) is 4.79 Å². The molecule has 0 bridgehead atoms. The number of nitrogens with one attached hydrogen (secondary N) is 1. The Morgan fingerprint density at radius 3 is 2.58 bits per heavy atom. The Morgan fingerprint density at radius 1 is 1.00 bits per heavy atom. The van der Waals surface area contributed by atoms with Gasteiger partial charge in [-0.1, -0.05) is 36.4 Å². The molecule has 1 aromatic carbocycles. The number of nitrogens with zero attached hydrogens (tertiary/aromatic N) is 3. The van der Waals surface area contributed by atoms with Crippen molar-refractivity contribution in [2.75, 3.05) is 7.11 Å². The summed E-state index contributed by atoms with van der Waals surface area (Å²) in [6.07, 6.45) is 2.96. The highest BCUT2D eigenvalue weighted by Crippen LogP contribution is 2.11. The molecule has 2 aromatic heterocycles. The zero-order valence-electron chi connectivity index (χ0n) is 14.3. The number of carbonyl (C=O) groups is 1. The lowest BCUT2D eigenvalue weighted by Crippen LogP contribution is -2.24. The molecule has 26 heavy (non-hydrogen) atoms. The fourth-order valence-electron chi connectivity index (χ4n) is 2.18. The number of hydrogen-bond acceptors (Lipinski definition) is 6. The lowest BCUT2D eigenvalue weighted by molar-refractivity contribution is 0.0945. The number of benzene rings is 1. The van der Waals surface area contributed by atoms with E-state index in [0.29, 0.717) is 24.9 Å². The highest BCUT2D eigenvalue weighted by Gasteiger charge is 2.09.